The molecule has 0 saturated heterocycles. The van der Waals surface area contributed by atoms with Crippen LogP contribution in [0.1, 0.15) is 63.4 Å². The molecule has 7 heteroatoms. The van der Waals surface area contributed by atoms with Gasteiger partial charge in [0.05, 0.1) is 5.60 Å². The van der Waals surface area contributed by atoms with Gasteiger partial charge in [-0.3, -0.25) is 0 Å². The summed E-state index contributed by atoms with van der Waals surface area (Å²) in [4.78, 5) is 0. The Labute approximate surface area is 158 Å². The summed E-state index contributed by atoms with van der Waals surface area (Å²) in [6.07, 6.45) is 0.0802. The van der Waals surface area contributed by atoms with E-state index in [1.165, 1.54) is 18.2 Å². The maximum Gasteiger partial charge on any atom is 0.573 e. The number of hydrogen-bond donors (Lipinski definition) is 3. The van der Waals surface area contributed by atoms with Crippen molar-refractivity contribution in [1.82, 2.24) is 5.32 Å². The summed E-state index contributed by atoms with van der Waals surface area (Å²) in [6, 6.07) is 5.96. The molecule has 0 radical (unpaired) electrons. The van der Waals surface area contributed by atoms with Crippen LogP contribution in [0.15, 0.2) is 24.3 Å². The van der Waals surface area contributed by atoms with Gasteiger partial charge in [-0.2, -0.15) is 0 Å². The van der Waals surface area contributed by atoms with Crippen LogP contribution in [0.4, 0.5) is 13.2 Å². The van der Waals surface area contributed by atoms with Crippen LogP contribution in [0.25, 0.3) is 0 Å². The summed E-state index contributed by atoms with van der Waals surface area (Å²) in [5.74, 6) is -0.717. The quantitative estimate of drug-likeness (QED) is 0.564. The van der Waals surface area contributed by atoms with Crippen molar-refractivity contribution in [3.63, 3.8) is 0 Å². The van der Waals surface area contributed by atoms with E-state index in [4.69, 9.17) is 5.41 Å². The number of aliphatic hydroxyl groups is 1. The molecule has 0 amide bonds. The minimum atomic E-state index is -4.76. The van der Waals surface area contributed by atoms with Crippen LogP contribution in [0.5, 0.6) is 5.75 Å². The Bertz CT molecular complexity index is 628. The zero-order valence-electron chi connectivity index (χ0n) is 15.9. The first-order chi connectivity index (χ1) is 12.6. The van der Waals surface area contributed by atoms with Gasteiger partial charge in [-0.25, -0.2) is 0 Å². The predicted molar refractivity (Wildman–Crippen MR) is 99.4 cm³/mol. The molecular formula is C20H29F3N2O2. The summed E-state index contributed by atoms with van der Waals surface area (Å²) >= 11 is 0. The van der Waals surface area contributed by atoms with E-state index in [2.05, 4.69) is 10.1 Å². The Balaban J connectivity index is 2.29. The van der Waals surface area contributed by atoms with E-state index in [1.54, 1.807) is 6.07 Å². The average Bonchev–Trinajstić information content (AvgIpc) is 2.59. The maximum absolute atomic E-state index is 12.6. The van der Waals surface area contributed by atoms with Crippen LogP contribution >= 0.6 is 0 Å². The molecule has 1 fully saturated rings. The molecular weight excluding hydrogens is 357 g/mol. The van der Waals surface area contributed by atoms with Crippen molar-refractivity contribution in [1.29, 1.82) is 5.41 Å². The van der Waals surface area contributed by atoms with Gasteiger partial charge in [-0.15, -0.1) is 13.2 Å². The largest absolute Gasteiger partial charge is 0.573 e. The molecule has 0 aliphatic heterocycles. The molecule has 1 saturated carbocycles. The Kier molecular flexibility index (Phi) is 7.28. The molecule has 0 bridgehead atoms. The van der Waals surface area contributed by atoms with Crippen LogP contribution < -0.4 is 10.1 Å². The normalized spacial score (nSPS) is 19.3. The zero-order valence-corrected chi connectivity index (χ0v) is 15.9. The van der Waals surface area contributed by atoms with E-state index in [1.807, 2.05) is 14.0 Å². The van der Waals surface area contributed by atoms with Crippen LogP contribution in [-0.4, -0.2) is 35.9 Å². The van der Waals surface area contributed by atoms with Gasteiger partial charge in [0.25, 0.3) is 0 Å². The molecule has 4 nitrogen and oxygen atoms in total. The second kappa shape index (κ2) is 9.06. The number of alkyl halides is 3. The third-order valence-corrected chi connectivity index (χ3v) is 5.36. The molecule has 1 aliphatic carbocycles. The van der Waals surface area contributed by atoms with Crippen molar-refractivity contribution < 1.29 is 23.0 Å². The fourth-order valence-corrected chi connectivity index (χ4v) is 3.86. The van der Waals surface area contributed by atoms with E-state index in [0.29, 0.717) is 37.0 Å². The molecule has 1 aliphatic rings. The standard InChI is InChI=1S/C20H29F3N2O2/c1-14(25-2)11-16(24)13-18(19(26)9-4-3-5-10-19)15-7-6-8-17(12-15)27-20(21,22)23/h6-8,12,14,18,24-26H,3-5,9-11,13H2,1-2H3/t14-,18?/m0/s1. The number of benzene rings is 1. The first-order valence-electron chi connectivity index (χ1n) is 9.44. The fourth-order valence-electron chi connectivity index (χ4n) is 3.86. The fraction of sp³-hybridized carbons (Fsp3) is 0.650. The molecule has 27 heavy (non-hydrogen) atoms. The van der Waals surface area contributed by atoms with Gasteiger partial charge >= 0.3 is 6.36 Å². The van der Waals surface area contributed by atoms with Crippen molar-refractivity contribution in [3.8, 4) is 5.75 Å². The minimum absolute atomic E-state index is 0.124. The Morgan fingerprint density at radius 1 is 1.26 bits per heavy atom. The Hall–Kier alpha value is -1.60. The van der Waals surface area contributed by atoms with Gasteiger partial charge in [-0.05, 0) is 50.9 Å². The van der Waals surface area contributed by atoms with Gasteiger partial charge < -0.3 is 20.6 Å². The molecule has 1 unspecified atom stereocenters. The second-order valence-electron chi connectivity index (χ2n) is 7.54. The molecule has 0 aromatic heterocycles. The zero-order chi connectivity index (χ0) is 20.1. The second-order valence-corrected chi connectivity index (χ2v) is 7.54. The summed E-state index contributed by atoms with van der Waals surface area (Å²) in [5.41, 5.74) is 0.0515. The third kappa shape index (κ3) is 6.50. The number of rotatable bonds is 8. The molecule has 3 N–H and O–H groups in total. The van der Waals surface area contributed by atoms with Crippen LogP contribution in [-0.2, 0) is 0 Å². The number of halogens is 3. The van der Waals surface area contributed by atoms with Gasteiger partial charge in [0.15, 0.2) is 0 Å². The lowest BCUT2D eigenvalue weighted by Gasteiger charge is -2.40. The highest BCUT2D eigenvalue weighted by atomic mass is 19.4. The lowest BCUT2D eigenvalue weighted by Crippen LogP contribution is -2.40. The lowest BCUT2D eigenvalue weighted by molar-refractivity contribution is -0.274. The molecule has 0 spiro atoms. The highest BCUT2D eigenvalue weighted by molar-refractivity contribution is 5.83. The number of hydrogen-bond acceptors (Lipinski definition) is 4. The number of nitrogens with one attached hydrogen (secondary N) is 2. The first-order valence-corrected chi connectivity index (χ1v) is 9.44. The Morgan fingerprint density at radius 2 is 1.93 bits per heavy atom. The summed E-state index contributed by atoms with van der Waals surface area (Å²) in [7, 11) is 1.82. The van der Waals surface area contributed by atoms with Crippen molar-refractivity contribution in [2.45, 2.75) is 75.8 Å². The first kappa shape index (κ1) is 21.7. The molecule has 1 aromatic carbocycles. The Morgan fingerprint density at radius 3 is 2.52 bits per heavy atom. The maximum atomic E-state index is 12.6. The predicted octanol–water partition coefficient (Wildman–Crippen LogP) is 4.77. The van der Waals surface area contributed by atoms with E-state index in [9.17, 15) is 18.3 Å². The van der Waals surface area contributed by atoms with Crippen molar-refractivity contribution >= 4 is 5.71 Å². The van der Waals surface area contributed by atoms with Crippen LogP contribution in [0.2, 0.25) is 0 Å². The van der Waals surface area contributed by atoms with E-state index in [-0.39, 0.29) is 11.8 Å². The average molecular weight is 386 g/mol. The summed E-state index contributed by atoms with van der Waals surface area (Å²) in [6.45, 7) is 1.97. The molecule has 2 rings (SSSR count). The van der Waals surface area contributed by atoms with Gasteiger partial charge in [-0.1, -0.05) is 31.4 Å². The molecule has 152 valence electrons. The number of ether oxygens (including phenoxy) is 1. The van der Waals surface area contributed by atoms with Crippen LogP contribution in [0, 0.1) is 5.41 Å². The molecule has 2 atom stereocenters. The van der Waals surface area contributed by atoms with E-state index in [0.717, 1.165) is 19.3 Å². The van der Waals surface area contributed by atoms with E-state index >= 15 is 0 Å². The van der Waals surface area contributed by atoms with Crippen molar-refractivity contribution in [2.75, 3.05) is 7.05 Å². The molecule has 1 aromatic rings. The van der Waals surface area contributed by atoms with Crippen molar-refractivity contribution in [3.05, 3.63) is 29.8 Å². The smallest absolute Gasteiger partial charge is 0.406 e. The van der Waals surface area contributed by atoms with Crippen molar-refractivity contribution in [2.24, 2.45) is 0 Å². The SMILES string of the molecule is CN[C@@H](C)CC(=N)CC(c1cccc(OC(F)(F)F)c1)C1(O)CCCCC1. The van der Waals surface area contributed by atoms with E-state index < -0.39 is 17.9 Å². The van der Waals surface area contributed by atoms with Crippen LogP contribution in [0.3, 0.4) is 0 Å². The van der Waals surface area contributed by atoms with Gasteiger partial charge in [0.1, 0.15) is 5.75 Å². The van der Waals surface area contributed by atoms with Gasteiger partial charge in [0, 0.05) is 24.1 Å². The summed E-state index contributed by atoms with van der Waals surface area (Å²) < 4.78 is 41.8. The minimum Gasteiger partial charge on any atom is -0.406 e. The third-order valence-electron chi connectivity index (χ3n) is 5.36. The molecule has 0 heterocycles. The topological polar surface area (TPSA) is 65.3 Å². The van der Waals surface area contributed by atoms with Gasteiger partial charge in [0.2, 0.25) is 0 Å². The highest BCUT2D eigenvalue weighted by Crippen LogP contribution is 2.43. The highest BCUT2D eigenvalue weighted by Gasteiger charge is 2.39. The summed E-state index contributed by atoms with van der Waals surface area (Å²) in [5, 5.41) is 22.7. The monoisotopic (exact) mass is 386 g/mol. The lowest BCUT2D eigenvalue weighted by atomic mass is 9.70.